The molecule has 0 heterocycles. The molecule has 0 aromatic heterocycles. The summed E-state index contributed by atoms with van der Waals surface area (Å²) in [7, 11) is -4.70. The van der Waals surface area contributed by atoms with Gasteiger partial charge in [-0.25, -0.2) is 4.39 Å². The molecule has 3 nitrogen and oxygen atoms in total. The lowest BCUT2D eigenvalue weighted by atomic mass is 10.1. The maximum absolute atomic E-state index is 13.5. The van der Waals surface area contributed by atoms with E-state index in [0.29, 0.717) is 5.56 Å². The van der Waals surface area contributed by atoms with Gasteiger partial charge in [0, 0.05) is 6.42 Å². The Morgan fingerprint density at radius 3 is 2.29 bits per heavy atom. The van der Waals surface area contributed by atoms with E-state index < -0.39 is 13.0 Å². The Morgan fingerprint density at radius 2 is 1.86 bits per heavy atom. The maximum Gasteiger partial charge on any atom is 0.362 e. The fraction of sp³-hybridized carbons (Fsp3) is 0.333. The Kier molecular flexibility index (Phi) is 3.10. The van der Waals surface area contributed by atoms with Gasteiger partial charge in [0.15, 0.2) is 0 Å². The number of rotatable bonds is 3. The van der Waals surface area contributed by atoms with Crippen LogP contribution in [0, 0.1) is 0 Å². The van der Waals surface area contributed by atoms with Crippen LogP contribution in [-0.4, -0.2) is 15.2 Å². The first kappa shape index (κ1) is 11.4. The minimum Gasteiger partial charge on any atom is -0.322 e. The highest BCUT2D eigenvalue weighted by Gasteiger charge is 2.42. The standard InChI is InChI=1S/C9H12FO3P/c1-9(10,14(11,12)13)7-8-5-3-2-4-6-8/h2-6H,7H2,1H3,(H2,11,12,13). The zero-order valence-corrected chi connectivity index (χ0v) is 8.62. The summed E-state index contributed by atoms with van der Waals surface area (Å²) in [5.74, 6) is 0. The van der Waals surface area contributed by atoms with Crippen molar-refractivity contribution in [3.8, 4) is 0 Å². The summed E-state index contributed by atoms with van der Waals surface area (Å²) in [6.45, 7) is 0.917. The zero-order chi connectivity index (χ0) is 10.8. The number of alkyl halides is 1. The molecule has 0 aliphatic carbocycles. The van der Waals surface area contributed by atoms with E-state index in [0.717, 1.165) is 6.92 Å². The van der Waals surface area contributed by atoms with Crippen molar-refractivity contribution in [2.24, 2.45) is 0 Å². The summed E-state index contributed by atoms with van der Waals surface area (Å²) in [6, 6.07) is 8.42. The third-order valence-electron chi connectivity index (χ3n) is 1.98. The van der Waals surface area contributed by atoms with Crippen LogP contribution in [0.25, 0.3) is 0 Å². The monoisotopic (exact) mass is 218 g/mol. The smallest absolute Gasteiger partial charge is 0.322 e. The topological polar surface area (TPSA) is 57.5 Å². The highest BCUT2D eigenvalue weighted by molar-refractivity contribution is 7.53. The van der Waals surface area contributed by atoms with Gasteiger partial charge in [-0.15, -0.1) is 0 Å². The summed E-state index contributed by atoms with van der Waals surface area (Å²) >= 11 is 0. The van der Waals surface area contributed by atoms with Gasteiger partial charge in [0.1, 0.15) is 0 Å². The molecule has 2 N–H and O–H groups in total. The molecular weight excluding hydrogens is 206 g/mol. The van der Waals surface area contributed by atoms with E-state index in [1.165, 1.54) is 0 Å². The molecule has 0 spiro atoms. The van der Waals surface area contributed by atoms with Gasteiger partial charge in [0.2, 0.25) is 5.41 Å². The van der Waals surface area contributed by atoms with Crippen molar-refractivity contribution in [1.82, 2.24) is 0 Å². The minimum atomic E-state index is -4.70. The summed E-state index contributed by atoms with van der Waals surface area (Å²) < 4.78 is 24.3. The van der Waals surface area contributed by atoms with Gasteiger partial charge >= 0.3 is 7.60 Å². The molecule has 1 aromatic rings. The van der Waals surface area contributed by atoms with Crippen LogP contribution in [-0.2, 0) is 11.0 Å². The van der Waals surface area contributed by atoms with E-state index in [4.69, 9.17) is 9.79 Å². The predicted octanol–water partition coefficient (Wildman–Crippen LogP) is 2.09. The van der Waals surface area contributed by atoms with Crippen molar-refractivity contribution in [3.05, 3.63) is 35.9 Å². The number of halogens is 1. The molecule has 0 aliphatic rings. The molecule has 0 amide bonds. The van der Waals surface area contributed by atoms with Crippen molar-refractivity contribution in [2.45, 2.75) is 18.8 Å². The third kappa shape index (κ3) is 2.64. The highest BCUT2D eigenvalue weighted by Crippen LogP contribution is 2.52. The molecular formula is C9H12FO3P. The van der Waals surface area contributed by atoms with Gasteiger partial charge in [0.05, 0.1) is 0 Å². The normalized spacial score (nSPS) is 16.3. The zero-order valence-electron chi connectivity index (χ0n) is 7.72. The first-order valence-electron chi connectivity index (χ1n) is 4.11. The summed E-state index contributed by atoms with van der Waals surface area (Å²) in [6.07, 6.45) is -0.280. The molecule has 14 heavy (non-hydrogen) atoms. The second-order valence-electron chi connectivity index (χ2n) is 3.35. The maximum atomic E-state index is 13.5. The van der Waals surface area contributed by atoms with Crippen LogP contribution < -0.4 is 0 Å². The van der Waals surface area contributed by atoms with Crippen LogP contribution in [0.1, 0.15) is 12.5 Å². The first-order valence-corrected chi connectivity index (χ1v) is 5.73. The van der Waals surface area contributed by atoms with Gasteiger partial charge in [-0.1, -0.05) is 30.3 Å². The molecule has 0 radical (unpaired) electrons. The average molecular weight is 218 g/mol. The number of hydrogen-bond acceptors (Lipinski definition) is 1. The van der Waals surface area contributed by atoms with E-state index in [1.54, 1.807) is 30.3 Å². The first-order chi connectivity index (χ1) is 6.33. The van der Waals surface area contributed by atoms with Crippen molar-refractivity contribution in [3.63, 3.8) is 0 Å². The quantitative estimate of drug-likeness (QED) is 0.763. The van der Waals surface area contributed by atoms with Gasteiger partial charge < -0.3 is 9.79 Å². The molecule has 5 heteroatoms. The van der Waals surface area contributed by atoms with Crippen LogP contribution in [0.4, 0.5) is 4.39 Å². The Morgan fingerprint density at radius 1 is 1.36 bits per heavy atom. The molecule has 1 rings (SSSR count). The van der Waals surface area contributed by atoms with Gasteiger partial charge in [-0.2, -0.15) is 0 Å². The largest absolute Gasteiger partial charge is 0.362 e. The van der Waals surface area contributed by atoms with Crippen LogP contribution in [0.15, 0.2) is 30.3 Å². The van der Waals surface area contributed by atoms with Crippen LogP contribution in [0.5, 0.6) is 0 Å². The lowest BCUT2D eigenvalue weighted by Gasteiger charge is -2.21. The minimum absolute atomic E-state index is 0.280. The van der Waals surface area contributed by atoms with E-state index in [-0.39, 0.29) is 6.42 Å². The molecule has 0 bridgehead atoms. The average Bonchev–Trinajstić information content (AvgIpc) is 2.03. The summed E-state index contributed by atoms with van der Waals surface area (Å²) in [5.41, 5.74) is 0.570. The molecule has 78 valence electrons. The van der Waals surface area contributed by atoms with Crippen molar-refractivity contribution < 1.29 is 18.7 Å². The van der Waals surface area contributed by atoms with Crippen molar-refractivity contribution >= 4 is 7.60 Å². The van der Waals surface area contributed by atoms with Gasteiger partial charge in [0.25, 0.3) is 0 Å². The van der Waals surface area contributed by atoms with Gasteiger partial charge in [-0.05, 0) is 12.5 Å². The van der Waals surface area contributed by atoms with Crippen molar-refractivity contribution in [2.75, 3.05) is 0 Å². The lowest BCUT2D eigenvalue weighted by Crippen LogP contribution is -2.21. The van der Waals surface area contributed by atoms with E-state index >= 15 is 0 Å². The molecule has 1 atom stereocenters. The summed E-state index contributed by atoms with van der Waals surface area (Å²) in [4.78, 5) is 17.5. The van der Waals surface area contributed by atoms with E-state index in [1.807, 2.05) is 0 Å². The molecule has 0 saturated carbocycles. The number of benzene rings is 1. The Bertz CT molecular complexity index is 344. The van der Waals surface area contributed by atoms with Crippen LogP contribution in [0.3, 0.4) is 0 Å². The molecule has 1 aromatic carbocycles. The number of hydrogen-bond donors (Lipinski definition) is 2. The van der Waals surface area contributed by atoms with E-state index in [9.17, 15) is 8.96 Å². The Hall–Kier alpha value is -0.700. The molecule has 1 unspecified atom stereocenters. The van der Waals surface area contributed by atoms with E-state index in [2.05, 4.69) is 0 Å². The molecule has 0 aliphatic heterocycles. The molecule has 0 fully saturated rings. The third-order valence-corrected chi connectivity index (χ3v) is 3.35. The highest BCUT2D eigenvalue weighted by atomic mass is 31.2. The fourth-order valence-electron chi connectivity index (χ4n) is 1.07. The summed E-state index contributed by atoms with van der Waals surface area (Å²) in [5, 5.41) is -2.49. The second kappa shape index (κ2) is 3.81. The Labute approximate surface area is 81.7 Å². The second-order valence-corrected chi connectivity index (χ2v) is 5.37. The van der Waals surface area contributed by atoms with Crippen LogP contribution >= 0.6 is 7.60 Å². The van der Waals surface area contributed by atoms with Crippen molar-refractivity contribution in [1.29, 1.82) is 0 Å². The fourth-order valence-corrected chi connectivity index (χ4v) is 1.46. The lowest BCUT2D eigenvalue weighted by molar-refractivity contribution is 0.219. The van der Waals surface area contributed by atoms with Gasteiger partial charge in [-0.3, -0.25) is 4.57 Å². The molecule has 0 saturated heterocycles. The Balaban J connectivity index is 2.85. The SMILES string of the molecule is CC(F)(Cc1ccccc1)P(=O)(O)O. The van der Waals surface area contributed by atoms with Crippen LogP contribution in [0.2, 0.25) is 0 Å². The predicted molar refractivity (Wildman–Crippen MR) is 51.7 cm³/mol.